The van der Waals surface area contributed by atoms with Gasteiger partial charge in [0.15, 0.2) is 23.3 Å². The van der Waals surface area contributed by atoms with E-state index in [1.54, 1.807) is 4.90 Å². The molecular weight excluding hydrogens is 464 g/mol. The molecule has 0 bridgehead atoms. The number of nitrogens with zero attached hydrogens (tertiary/aromatic N) is 1. The van der Waals surface area contributed by atoms with Crippen molar-refractivity contribution in [3.8, 4) is 5.75 Å². The van der Waals surface area contributed by atoms with Crippen LogP contribution in [0.15, 0.2) is 30.3 Å². The minimum absolute atomic E-state index is 0. The second-order valence-corrected chi connectivity index (χ2v) is 6.19. The molecule has 168 valence electrons. The highest BCUT2D eigenvalue weighted by Crippen LogP contribution is 2.35. The summed E-state index contributed by atoms with van der Waals surface area (Å²) in [6, 6.07) is 3.19. The van der Waals surface area contributed by atoms with Crippen LogP contribution in [0.25, 0.3) is 0 Å². The molecule has 2 aromatic carbocycles. The van der Waals surface area contributed by atoms with Gasteiger partial charge in [-0.3, -0.25) is 4.90 Å². The summed E-state index contributed by atoms with van der Waals surface area (Å²) >= 11 is 0. The summed E-state index contributed by atoms with van der Waals surface area (Å²) in [7, 11) is 0. The van der Waals surface area contributed by atoms with Gasteiger partial charge in [-0.2, -0.15) is 0 Å². The molecule has 3 nitrogen and oxygen atoms in total. The van der Waals surface area contributed by atoms with E-state index in [-0.39, 0.29) is 36.4 Å². The molecule has 0 radical (unpaired) electrons. The molecule has 0 amide bonds. The van der Waals surface area contributed by atoms with E-state index < -0.39 is 47.0 Å². The van der Waals surface area contributed by atoms with Gasteiger partial charge in [-0.05, 0) is 17.7 Å². The Morgan fingerprint density at radius 1 is 0.867 bits per heavy atom. The number of hydrogen-bond donors (Lipinski definition) is 1. The lowest BCUT2D eigenvalue weighted by Crippen LogP contribution is -2.46. The van der Waals surface area contributed by atoms with Crippen molar-refractivity contribution >= 4 is 24.8 Å². The van der Waals surface area contributed by atoms with Crippen LogP contribution >= 0.6 is 24.8 Å². The molecule has 1 atom stereocenters. The van der Waals surface area contributed by atoms with Crippen molar-refractivity contribution in [2.75, 3.05) is 26.2 Å². The van der Waals surface area contributed by atoms with Crippen LogP contribution in [-0.2, 0) is 0 Å². The van der Waals surface area contributed by atoms with Crippen LogP contribution in [0.1, 0.15) is 17.2 Å². The van der Waals surface area contributed by atoms with Crippen molar-refractivity contribution in [1.29, 1.82) is 0 Å². The first kappa shape index (κ1) is 26.3. The average molecular weight is 481 g/mol. The lowest BCUT2D eigenvalue weighted by Gasteiger charge is -2.36. The first-order valence-electron chi connectivity index (χ1n) is 8.30. The quantitative estimate of drug-likeness (QED) is 0.493. The summed E-state index contributed by atoms with van der Waals surface area (Å²) in [6.07, 6.45) is -4.90. The molecule has 0 aromatic heterocycles. The standard InChI is InChI=1S/C18H15F7N2O.2ClH/c19-12-9-13(20)16(22)14(15(12)21)17(27-7-5-26-6-8-27)10-1-3-11(4-2-10)28-18(23,24)25;;/h1-4,9,17,26H,5-8H2;2*1H/t17-;;/m1../s1. The smallest absolute Gasteiger partial charge is 0.406 e. The number of halogens is 9. The highest BCUT2D eigenvalue weighted by Gasteiger charge is 2.33. The lowest BCUT2D eigenvalue weighted by atomic mass is 9.95. The second-order valence-electron chi connectivity index (χ2n) is 6.19. The van der Waals surface area contributed by atoms with E-state index in [1.807, 2.05) is 0 Å². The van der Waals surface area contributed by atoms with Crippen LogP contribution in [0.2, 0.25) is 0 Å². The van der Waals surface area contributed by atoms with Crippen LogP contribution in [0.3, 0.4) is 0 Å². The molecule has 12 heteroatoms. The maximum Gasteiger partial charge on any atom is 0.573 e. The summed E-state index contributed by atoms with van der Waals surface area (Å²) in [5.41, 5.74) is -0.664. The van der Waals surface area contributed by atoms with Crippen LogP contribution in [-0.4, -0.2) is 37.4 Å². The van der Waals surface area contributed by atoms with Gasteiger partial charge >= 0.3 is 6.36 Å². The van der Waals surface area contributed by atoms with E-state index in [0.29, 0.717) is 26.2 Å². The topological polar surface area (TPSA) is 24.5 Å². The van der Waals surface area contributed by atoms with Gasteiger partial charge in [0.05, 0.1) is 11.6 Å². The minimum atomic E-state index is -4.90. The molecular formula is C18H17Cl2F7N2O. The predicted molar refractivity (Wildman–Crippen MR) is 100 cm³/mol. The van der Waals surface area contributed by atoms with Gasteiger partial charge < -0.3 is 10.1 Å². The SMILES string of the molecule is Cl.Cl.Fc1cc(F)c(F)c([C@@H](c2ccc(OC(F)(F)F)cc2)N2CCNCC2)c1F. The van der Waals surface area contributed by atoms with E-state index in [1.165, 1.54) is 12.1 Å². The van der Waals surface area contributed by atoms with Gasteiger partial charge in [0.1, 0.15) is 5.75 Å². The lowest BCUT2D eigenvalue weighted by molar-refractivity contribution is -0.274. The van der Waals surface area contributed by atoms with E-state index in [4.69, 9.17) is 0 Å². The summed E-state index contributed by atoms with van der Waals surface area (Å²) < 4.78 is 97.2. The first-order valence-corrected chi connectivity index (χ1v) is 8.30. The number of ether oxygens (including phenoxy) is 1. The van der Waals surface area contributed by atoms with Crippen LogP contribution in [0.5, 0.6) is 5.75 Å². The second kappa shape index (κ2) is 10.5. The molecule has 1 N–H and O–H groups in total. The maximum atomic E-state index is 14.4. The fraction of sp³-hybridized carbons (Fsp3) is 0.333. The summed E-state index contributed by atoms with van der Waals surface area (Å²) in [4.78, 5) is 1.59. The molecule has 1 fully saturated rings. The first-order chi connectivity index (χ1) is 13.2. The molecule has 0 unspecified atom stereocenters. The van der Waals surface area contributed by atoms with Gasteiger partial charge in [0.25, 0.3) is 0 Å². The average Bonchev–Trinajstić information content (AvgIpc) is 2.64. The highest BCUT2D eigenvalue weighted by atomic mass is 35.5. The Morgan fingerprint density at radius 2 is 1.37 bits per heavy atom. The third-order valence-electron chi connectivity index (χ3n) is 4.37. The van der Waals surface area contributed by atoms with Crippen molar-refractivity contribution in [1.82, 2.24) is 10.2 Å². The molecule has 2 aromatic rings. The van der Waals surface area contributed by atoms with Gasteiger partial charge in [-0.25, -0.2) is 17.6 Å². The molecule has 0 saturated carbocycles. The van der Waals surface area contributed by atoms with Crippen molar-refractivity contribution in [2.45, 2.75) is 12.4 Å². The summed E-state index contributed by atoms with van der Waals surface area (Å²) in [5, 5.41) is 3.04. The van der Waals surface area contributed by atoms with Gasteiger partial charge in [-0.15, -0.1) is 38.0 Å². The van der Waals surface area contributed by atoms with Gasteiger partial charge in [-0.1, -0.05) is 12.1 Å². The fourth-order valence-electron chi connectivity index (χ4n) is 3.18. The fourth-order valence-corrected chi connectivity index (χ4v) is 3.18. The number of benzene rings is 2. The number of piperazine rings is 1. The molecule has 0 aliphatic carbocycles. The Hall–Kier alpha value is -1.75. The number of nitrogens with one attached hydrogen (secondary N) is 1. The van der Waals surface area contributed by atoms with E-state index in [0.717, 1.165) is 12.1 Å². The van der Waals surface area contributed by atoms with Crippen LogP contribution < -0.4 is 10.1 Å². The molecule has 1 saturated heterocycles. The van der Waals surface area contributed by atoms with Crippen molar-refractivity contribution in [3.63, 3.8) is 0 Å². The normalized spacial score (nSPS) is 15.7. The highest BCUT2D eigenvalue weighted by molar-refractivity contribution is 5.85. The zero-order chi connectivity index (χ0) is 20.5. The zero-order valence-electron chi connectivity index (χ0n) is 15.1. The monoisotopic (exact) mass is 480 g/mol. The van der Waals surface area contributed by atoms with Crippen LogP contribution in [0, 0.1) is 23.3 Å². The third kappa shape index (κ3) is 5.90. The minimum Gasteiger partial charge on any atom is -0.406 e. The number of alkyl halides is 3. The zero-order valence-corrected chi connectivity index (χ0v) is 16.7. The predicted octanol–water partition coefficient (Wildman–Crippen LogP) is 4.98. The maximum absolute atomic E-state index is 14.4. The molecule has 30 heavy (non-hydrogen) atoms. The van der Waals surface area contributed by atoms with E-state index in [2.05, 4.69) is 10.1 Å². The Balaban J connectivity index is 0.00000225. The molecule has 1 heterocycles. The van der Waals surface area contributed by atoms with Gasteiger partial charge in [0.2, 0.25) is 0 Å². The Morgan fingerprint density at radius 3 is 1.83 bits per heavy atom. The van der Waals surface area contributed by atoms with E-state index in [9.17, 15) is 30.7 Å². The van der Waals surface area contributed by atoms with Gasteiger partial charge in [0, 0.05) is 32.2 Å². The van der Waals surface area contributed by atoms with Crippen LogP contribution in [0.4, 0.5) is 30.7 Å². The largest absolute Gasteiger partial charge is 0.573 e. The summed E-state index contributed by atoms with van der Waals surface area (Å²) in [6.45, 7) is 1.55. The van der Waals surface area contributed by atoms with Crippen molar-refractivity contribution < 1.29 is 35.5 Å². The Kier molecular flexibility index (Phi) is 9.22. The third-order valence-corrected chi connectivity index (χ3v) is 4.37. The van der Waals surface area contributed by atoms with Crippen molar-refractivity contribution in [3.05, 3.63) is 64.7 Å². The molecule has 1 aliphatic rings. The van der Waals surface area contributed by atoms with E-state index >= 15 is 0 Å². The molecule has 0 spiro atoms. The summed E-state index contributed by atoms with van der Waals surface area (Å²) in [5.74, 6) is -6.71. The molecule has 1 aliphatic heterocycles. The number of rotatable bonds is 4. The Labute approximate surface area is 180 Å². The number of hydrogen-bond acceptors (Lipinski definition) is 3. The van der Waals surface area contributed by atoms with Crippen molar-refractivity contribution in [2.24, 2.45) is 0 Å². The molecule has 3 rings (SSSR count). The Bertz CT molecular complexity index is 818.